The molecule has 96 valence electrons. The van der Waals surface area contributed by atoms with Gasteiger partial charge in [0.05, 0.1) is 5.56 Å². The summed E-state index contributed by atoms with van der Waals surface area (Å²) >= 11 is 0. The zero-order valence-electron chi connectivity index (χ0n) is 10.9. The van der Waals surface area contributed by atoms with Crippen LogP contribution >= 0.6 is 0 Å². The molecule has 1 aliphatic carbocycles. The first-order valence-electron chi connectivity index (χ1n) is 6.64. The zero-order chi connectivity index (χ0) is 12.8. The Labute approximate surface area is 108 Å². The van der Waals surface area contributed by atoms with Gasteiger partial charge in [-0.3, -0.25) is 9.78 Å². The van der Waals surface area contributed by atoms with E-state index < -0.39 is 0 Å². The van der Waals surface area contributed by atoms with Crippen molar-refractivity contribution in [1.29, 1.82) is 0 Å². The molecule has 0 unspecified atom stereocenters. The minimum absolute atomic E-state index is 0.0288. The second-order valence-electron chi connectivity index (χ2n) is 4.80. The minimum atomic E-state index is -0.0288. The molecule has 1 amide bonds. The van der Waals surface area contributed by atoms with Gasteiger partial charge < -0.3 is 5.32 Å². The smallest absolute Gasteiger partial charge is 0.252 e. The Morgan fingerprint density at radius 3 is 2.94 bits per heavy atom. The Morgan fingerprint density at radius 2 is 2.28 bits per heavy atom. The third-order valence-electron chi connectivity index (χ3n) is 3.29. The molecule has 0 aromatic carbocycles. The van der Waals surface area contributed by atoms with Gasteiger partial charge >= 0.3 is 0 Å². The third-order valence-corrected chi connectivity index (χ3v) is 3.29. The number of rotatable bonds is 4. The Hall–Kier alpha value is -1.64. The van der Waals surface area contributed by atoms with Crippen LogP contribution in [-0.2, 0) is 0 Å². The predicted octanol–water partition coefficient (Wildman–Crippen LogP) is 3.01. The van der Waals surface area contributed by atoms with E-state index in [1.807, 2.05) is 19.1 Å². The van der Waals surface area contributed by atoms with Crippen molar-refractivity contribution in [3.05, 3.63) is 41.2 Å². The predicted molar refractivity (Wildman–Crippen MR) is 72.5 cm³/mol. The summed E-state index contributed by atoms with van der Waals surface area (Å²) in [6.45, 7) is 2.63. The molecule has 3 nitrogen and oxygen atoms in total. The molecule has 0 aliphatic heterocycles. The molecule has 1 heterocycles. The Kier molecular flexibility index (Phi) is 4.51. The molecule has 0 atom stereocenters. The maximum Gasteiger partial charge on any atom is 0.252 e. The fourth-order valence-electron chi connectivity index (χ4n) is 2.17. The lowest BCUT2D eigenvalue weighted by atomic mass is 9.97. The van der Waals surface area contributed by atoms with Crippen molar-refractivity contribution in [2.45, 2.75) is 39.0 Å². The van der Waals surface area contributed by atoms with Crippen molar-refractivity contribution in [3.63, 3.8) is 0 Å². The van der Waals surface area contributed by atoms with Crippen molar-refractivity contribution in [1.82, 2.24) is 10.3 Å². The summed E-state index contributed by atoms with van der Waals surface area (Å²) in [4.78, 5) is 16.0. The molecular weight excluding hydrogens is 224 g/mol. The van der Waals surface area contributed by atoms with Crippen LogP contribution in [-0.4, -0.2) is 17.4 Å². The van der Waals surface area contributed by atoms with Gasteiger partial charge in [0.25, 0.3) is 5.91 Å². The summed E-state index contributed by atoms with van der Waals surface area (Å²) < 4.78 is 0. The Balaban J connectivity index is 1.78. The fraction of sp³-hybridized carbons (Fsp3) is 0.467. The van der Waals surface area contributed by atoms with E-state index in [0.717, 1.165) is 18.7 Å². The van der Waals surface area contributed by atoms with Crippen molar-refractivity contribution in [2.75, 3.05) is 6.54 Å². The van der Waals surface area contributed by atoms with Gasteiger partial charge in [-0.1, -0.05) is 11.6 Å². The van der Waals surface area contributed by atoms with E-state index in [0.29, 0.717) is 5.56 Å². The molecule has 1 aromatic rings. The van der Waals surface area contributed by atoms with E-state index in [4.69, 9.17) is 0 Å². The first kappa shape index (κ1) is 12.8. The minimum Gasteiger partial charge on any atom is -0.352 e. The van der Waals surface area contributed by atoms with E-state index >= 15 is 0 Å². The van der Waals surface area contributed by atoms with Crippen LogP contribution in [0, 0.1) is 6.92 Å². The number of pyridine rings is 1. The van der Waals surface area contributed by atoms with Gasteiger partial charge in [0.2, 0.25) is 0 Å². The van der Waals surface area contributed by atoms with Gasteiger partial charge in [-0.25, -0.2) is 0 Å². The second kappa shape index (κ2) is 6.34. The molecule has 0 spiro atoms. The van der Waals surface area contributed by atoms with Crippen molar-refractivity contribution in [3.8, 4) is 0 Å². The van der Waals surface area contributed by atoms with Gasteiger partial charge in [0, 0.05) is 18.4 Å². The van der Waals surface area contributed by atoms with E-state index in [1.54, 1.807) is 6.20 Å². The molecule has 0 bridgehead atoms. The number of amides is 1. The number of aromatic nitrogens is 1. The van der Waals surface area contributed by atoms with Crippen LogP contribution < -0.4 is 5.32 Å². The van der Waals surface area contributed by atoms with Gasteiger partial charge in [0.15, 0.2) is 0 Å². The van der Waals surface area contributed by atoms with E-state index in [-0.39, 0.29) is 5.91 Å². The molecule has 0 radical (unpaired) electrons. The highest BCUT2D eigenvalue weighted by Crippen LogP contribution is 2.19. The summed E-state index contributed by atoms with van der Waals surface area (Å²) in [7, 11) is 0. The quantitative estimate of drug-likeness (QED) is 0.827. The van der Waals surface area contributed by atoms with Gasteiger partial charge in [-0.15, -0.1) is 0 Å². The Bertz CT molecular complexity index is 434. The number of hydrogen-bond donors (Lipinski definition) is 1. The van der Waals surface area contributed by atoms with Crippen LogP contribution in [0.2, 0.25) is 0 Å². The number of hydrogen-bond acceptors (Lipinski definition) is 2. The lowest BCUT2D eigenvalue weighted by molar-refractivity contribution is 0.0953. The van der Waals surface area contributed by atoms with Crippen LogP contribution in [0.4, 0.5) is 0 Å². The number of carbonyl (C=O) groups excluding carboxylic acids is 1. The van der Waals surface area contributed by atoms with Gasteiger partial charge in [0.1, 0.15) is 0 Å². The summed E-state index contributed by atoms with van der Waals surface area (Å²) in [5.74, 6) is -0.0288. The highest BCUT2D eigenvalue weighted by Gasteiger charge is 2.07. The summed E-state index contributed by atoms with van der Waals surface area (Å²) in [5, 5.41) is 2.95. The maximum absolute atomic E-state index is 11.8. The van der Waals surface area contributed by atoms with Gasteiger partial charge in [-0.05, 0) is 51.2 Å². The maximum atomic E-state index is 11.8. The molecule has 2 rings (SSSR count). The van der Waals surface area contributed by atoms with E-state index in [2.05, 4.69) is 16.4 Å². The van der Waals surface area contributed by atoms with E-state index in [1.165, 1.54) is 31.3 Å². The number of aryl methyl sites for hydroxylation is 1. The molecule has 0 fully saturated rings. The number of carbonyl (C=O) groups is 1. The second-order valence-corrected chi connectivity index (χ2v) is 4.80. The first-order chi connectivity index (χ1) is 8.75. The highest BCUT2D eigenvalue weighted by atomic mass is 16.1. The average Bonchev–Trinajstić information content (AvgIpc) is 2.40. The summed E-state index contributed by atoms with van der Waals surface area (Å²) in [5.41, 5.74) is 3.06. The van der Waals surface area contributed by atoms with Crippen LogP contribution in [0.5, 0.6) is 0 Å². The van der Waals surface area contributed by atoms with Crippen LogP contribution in [0.3, 0.4) is 0 Å². The molecule has 3 heteroatoms. The molecule has 1 N–H and O–H groups in total. The monoisotopic (exact) mass is 244 g/mol. The number of nitrogens with one attached hydrogen (secondary N) is 1. The largest absolute Gasteiger partial charge is 0.352 e. The molecule has 1 aliphatic rings. The Morgan fingerprint density at radius 1 is 1.39 bits per heavy atom. The summed E-state index contributed by atoms with van der Waals surface area (Å²) in [6, 6.07) is 3.68. The van der Waals surface area contributed by atoms with Crippen molar-refractivity contribution >= 4 is 5.91 Å². The van der Waals surface area contributed by atoms with Crippen molar-refractivity contribution in [2.24, 2.45) is 0 Å². The lowest BCUT2D eigenvalue weighted by Crippen LogP contribution is -2.25. The molecular formula is C15H20N2O. The molecule has 0 saturated carbocycles. The van der Waals surface area contributed by atoms with E-state index in [9.17, 15) is 4.79 Å². The molecule has 1 aromatic heterocycles. The first-order valence-corrected chi connectivity index (χ1v) is 6.64. The number of allylic oxidation sites excluding steroid dienone is 1. The van der Waals surface area contributed by atoms with Crippen LogP contribution in [0.15, 0.2) is 30.0 Å². The lowest BCUT2D eigenvalue weighted by Gasteiger charge is -2.12. The third kappa shape index (κ3) is 3.69. The van der Waals surface area contributed by atoms with Crippen molar-refractivity contribution < 1.29 is 4.79 Å². The summed E-state index contributed by atoms with van der Waals surface area (Å²) in [6.07, 6.45) is 9.93. The SMILES string of the molecule is Cc1ccc(C(=O)NCCC2=CCCCC2)cn1. The molecule has 18 heavy (non-hydrogen) atoms. The normalized spacial score (nSPS) is 15.1. The number of nitrogens with zero attached hydrogens (tertiary/aromatic N) is 1. The van der Waals surface area contributed by atoms with Crippen LogP contribution in [0.25, 0.3) is 0 Å². The van der Waals surface area contributed by atoms with Gasteiger partial charge in [-0.2, -0.15) is 0 Å². The van der Waals surface area contributed by atoms with Crippen LogP contribution in [0.1, 0.15) is 48.2 Å². The molecule has 0 saturated heterocycles. The fourth-order valence-corrected chi connectivity index (χ4v) is 2.17. The zero-order valence-corrected chi connectivity index (χ0v) is 10.9. The highest BCUT2D eigenvalue weighted by molar-refractivity contribution is 5.93. The topological polar surface area (TPSA) is 42.0 Å². The average molecular weight is 244 g/mol. The standard InChI is InChI=1S/C15H20N2O/c1-12-7-8-14(11-17-12)15(18)16-10-9-13-5-3-2-4-6-13/h5,7-8,11H,2-4,6,9-10H2,1H3,(H,16,18).